The summed E-state index contributed by atoms with van der Waals surface area (Å²) in [6, 6.07) is 6.25. The van der Waals surface area contributed by atoms with Crippen LogP contribution < -0.4 is 9.47 Å². The second-order valence-electron chi connectivity index (χ2n) is 7.88. The minimum absolute atomic E-state index is 0.0391. The molecule has 0 N–H and O–H groups in total. The van der Waals surface area contributed by atoms with E-state index in [2.05, 4.69) is 31.7 Å². The summed E-state index contributed by atoms with van der Waals surface area (Å²) in [5.41, 5.74) is 2.39. The average molecular weight is 350 g/mol. The van der Waals surface area contributed by atoms with Gasteiger partial charge in [0.1, 0.15) is 11.9 Å². The van der Waals surface area contributed by atoms with E-state index in [4.69, 9.17) is 14.2 Å². The quantitative estimate of drug-likeness (QED) is 0.763. The van der Waals surface area contributed by atoms with Crippen LogP contribution in [0.25, 0.3) is 0 Å². The first kappa shape index (κ1) is 15.7. The van der Waals surface area contributed by atoms with E-state index in [1.165, 1.54) is 11.1 Å². The molecule has 2 aliphatic carbocycles. The number of hydrogen-bond donors (Lipinski definition) is 0. The molecule has 0 radical (unpaired) electrons. The third-order valence-electron chi connectivity index (χ3n) is 6.32. The number of carbonyl (C=O) groups is 1. The van der Waals surface area contributed by atoms with Gasteiger partial charge in [-0.2, -0.15) is 0 Å². The molecule has 2 bridgehead atoms. The first-order valence-corrected chi connectivity index (χ1v) is 9.24. The maximum absolute atomic E-state index is 12.4. The standard InChI is InChI=1S/C22H22O4/c1-3-4-14-7-17-20(10-18(14)23)26-15-9-16(22(17,2)11-15)13-5-6-19-21(8-13)25-12-24-19/h3,5-8,10,14-16H,1,4,9,11-12H2,2H3. The Hall–Kier alpha value is -2.49. The van der Waals surface area contributed by atoms with Gasteiger partial charge in [0.15, 0.2) is 17.3 Å². The fourth-order valence-electron chi connectivity index (χ4n) is 5.03. The van der Waals surface area contributed by atoms with Crippen molar-refractivity contribution in [2.75, 3.05) is 6.79 Å². The second-order valence-corrected chi connectivity index (χ2v) is 7.88. The van der Waals surface area contributed by atoms with Crippen LogP contribution in [0, 0.1) is 11.3 Å². The lowest BCUT2D eigenvalue weighted by atomic mass is 9.67. The Balaban J connectivity index is 1.56. The molecular weight excluding hydrogens is 328 g/mol. The van der Waals surface area contributed by atoms with Crippen molar-refractivity contribution in [3.8, 4) is 11.5 Å². The molecule has 2 fully saturated rings. The van der Waals surface area contributed by atoms with Gasteiger partial charge in [-0.1, -0.05) is 25.1 Å². The molecule has 1 aromatic rings. The predicted octanol–water partition coefficient (Wildman–Crippen LogP) is 4.28. The fourth-order valence-corrected chi connectivity index (χ4v) is 5.03. The number of fused-ring (bicyclic) bond motifs is 5. The van der Waals surface area contributed by atoms with Gasteiger partial charge in [-0.25, -0.2) is 0 Å². The van der Waals surface area contributed by atoms with Crippen molar-refractivity contribution in [1.29, 1.82) is 0 Å². The van der Waals surface area contributed by atoms with Crippen LogP contribution in [0.3, 0.4) is 0 Å². The maximum atomic E-state index is 12.4. The van der Waals surface area contributed by atoms with Crippen molar-refractivity contribution in [2.24, 2.45) is 11.3 Å². The van der Waals surface area contributed by atoms with Crippen LogP contribution in [0.4, 0.5) is 0 Å². The van der Waals surface area contributed by atoms with E-state index in [0.29, 0.717) is 12.3 Å². The highest BCUT2D eigenvalue weighted by atomic mass is 16.7. The van der Waals surface area contributed by atoms with Crippen LogP contribution in [-0.2, 0) is 9.53 Å². The number of ketones is 1. The van der Waals surface area contributed by atoms with Crippen molar-refractivity contribution in [1.82, 2.24) is 0 Å². The number of allylic oxidation sites excluding steroid dienone is 4. The molecule has 2 aliphatic heterocycles. The molecule has 4 nitrogen and oxygen atoms in total. The number of hydrogen-bond acceptors (Lipinski definition) is 4. The van der Waals surface area contributed by atoms with Crippen LogP contribution in [0.5, 0.6) is 11.5 Å². The van der Waals surface area contributed by atoms with Gasteiger partial charge < -0.3 is 14.2 Å². The van der Waals surface area contributed by atoms with E-state index in [1.807, 2.05) is 12.1 Å². The van der Waals surface area contributed by atoms with Crippen molar-refractivity contribution in [3.05, 3.63) is 59.9 Å². The Labute approximate surface area is 153 Å². The number of benzene rings is 1. The molecule has 2 heterocycles. The van der Waals surface area contributed by atoms with Crippen LogP contribution >= 0.6 is 0 Å². The van der Waals surface area contributed by atoms with E-state index >= 15 is 0 Å². The summed E-state index contributed by atoms with van der Waals surface area (Å²) in [5.74, 6) is 2.73. The molecule has 0 aromatic heterocycles. The molecular formula is C22H22O4. The monoisotopic (exact) mass is 350 g/mol. The van der Waals surface area contributed by atoms with E-state index in [9.17, 15) is 4.79 Å². The Morgan fingerprint density at radius 1 is 1.31 bits per heavy atom. The molecule has 5 rings (SSSR count). The van der Waals surface area contributed by atoms with Crippen molar-refractivity contribution in [3.63, 3.8) is 0 Å². The Kier molecular flexibility index (Phi) is 3.33. The molecule has 0 amide bonds. The Bertz CT molecular complexity index is 865. The summed E-state index contributed by atoms with van der Waals surface area (Å²) in [6.07, 6.45) is 8.40. The smallest absolute Gasteiger partial charge is 0.231 e. The van der Waals surface area contributed by atoms with Gasteiger partial charge in [0.2, 0.25) is 6.79 Å². The fraction of sp³-hybridized carbons (Fsp3) is 0.409. The van der Waals surface area contributed by atoms with Crippen LogP contribution in [-0.4, -0.2) is 18.7 Å². The van der Waals surface area contributed by atoms with Gasteiger partial charge in [-0.05, 0) is 48.4 Å². The highest BCUT2D eigenvalue weighted by Gasteiger charge is 2.53. The van der Waals surface area contributed by atoms with E-state index < -0.39 is 0 Å². The number of carbonyl (C=O) groups excluding carboxylic acids is 1. The van der Waals surface area contributed by atoms with Gasteiger partial charge in [0, 0.05) is 17.4 Å². The Morgan fingerprint density at radius 2 is 2.15 bits per heavy atom. The van der Waals surface area contributed by atoms with E-state index in [0.717, 1.165) is 30.1 Å². The molecule has 4 aliphatic rings. The number of ether oxygens (including phenoxy) is 3. The Morgan fingerprint density at radius 3 is 3.00 bits per heavy atom. The molecule has 134 valence electrons. The third kappa shape index (κ3) is 2.17. The third-order valence-corrected chi connectivity index (χ3v) is 6.32. The first-order valence-electron chi connectivity index (χ1n) is 9.24. The van der Waals surface area contributed by atoms with Gasteiger partial charge in [-0.15, -0.1) is 6.58 Å². The molecule has 4 heteroatoms. The summed E-state index contributed by atoms with van der Waals surface area (Å²) < 4.78 is 17.2. The summed E-state index contributed by atoms with van der Waals surface area (Å²) in [7, 11) is 0. The SMILES string of the molecule is C=CCC1C=C2C(=CC1=O)OC1CC(c3ccc4c(c3)OCO4)C2(C)C1. The van der Waals surface area contributed by atoms with Gasteiger partial charge in [0.25, 0.3) is 0 Å². The zero-order chi connectivity index (χ0) is 17.9. The first-order chi connectivity index (χ1) is 12.6. The minimum Gasteiger partial charge on any atom is -0.490 e. The molecule has 4 unspecified atom stereocenters. The summed E-state index contributed by atoms with van der Waals surface area (Å²) in [6.45, 7) is 6.39. The zero-order valence-electron chi connectivity index (χ0n) is 14.9. The van der Waals surface area contributed by atoms with Crippen molar-refractivity contribution < 1.29 is 19.0 Å². The van der Waals surface area contributed by atoms with Crippen molar-refractivity contribution >= 4 is 5.78 Å². The maximum Gasteiger partial charge on any atom is 0.231 e. The summed E-state index contributed by atoms with van der Waals surface area (Å²) in [5, 5.41) is 0. The van der Waals surface area contributed by atoms with Crippen LogP contribution in [0.1, 0.15) is 37.7 Å². The molecule has 26 heavy (non-hydrogen) atoms. The van der Waals surface area contributed by atoms with Crippen molar-refractivity contribution in [2.45, 2.75) is 38.2 Å². The lowest BCUT2D eigenvalue weighted by molar-refractivity contribution is -0.117. The largest absolute Gasteiger partial charge is 0.490 e. The normalized spacial score (nSPS) is 33.9. The van der Waals surface area contributed by atoms with Gasteiger partial charge in [-0.3, -0.25) is 4.79 Å². The summed E-state index contributed by atoms with van der Waals surface area (Å²) in [4.78, 5) is 12.4. The minimum atomic E-state index is -0.124. The lowest BCUT2D eigenvalue weighted by Crippen LogP contribution is -2.32. The van der Waals surface area contributed by atoms with Gasteiger partial charge >= 0.3 is 0 Å². The number of rotatable bonds is 3. The predicted molar refractivity (Wildman–Crippen MR) is 97.0 cm³/mol. The van der Waals surface area contributed by atoms with Crippen LogP contribution in [0.2, 0.25) is 0 Å². The topological polar surface area (TPSA) is 44.8 Å². The lowest BCUT2D eigenvalue weighted by Gasteiger charge is -2.40. The average Bonchev–Trinajstić information content (AvgIpc) is 3.18. The molecule has 4 atom stereocenters. The molecule has 1 saturated carbocycles. The van der Waals surface area contributed by atoms with E-state index in [1.54, 1.807) is 6.08 Å². The zero-order valence-corrected chi connectivity index (χ0v) is 14.9. The summed E-state index contributed by atoms with van der Waals surface area (Å²) >= 11 is 0. The molecule has 1 aromatic carbocycles. The highest BCUT2D eigenvalue weighted by molar-refractivity contribution is 5.96. The van der Waals surface area contributed by atoms with Crippen LogP contribution in [0.15, 0.2) is 54.3 Å². The second kappa shape index (κ2) is 5.50. The van der Waals surface area contributed by atoms with Gasteiger partial charge in [0.05, 0.1) is 0 Å². The highest BCUT2D eigenvalue weighted by Crippen LogP contribution is 2.61. The van der Waals surface area contributed by atoms with E-state index in [-0.39, 0.29) is 30.0 Å². The molecule has 1 saturated heterocycles. The molecule has 0 spiro atoms.